The van der Waals surface area contributed by atoms with E-state index in [4.69, 9.17) is 5.73 Å². The highest BCUT2D eigenvalue weighted by atomic mass is 14.9. The van der Waals surface area contributed by atoms with E-state index in [1.165, 1.54) is 5.56 Å². The van der Waals surface area contributed by atoms with Gasteiger partial charge in [-0.05, 0) is 37.9 Å². The van der Waals surface area contributed by atoms with Crippen molar-refractivity contribution in [2.24, 2.45) is 5.73 Å². The van der Waals surface area contributed by atoms with E-state index in [0.29, 0.717) is 0 Å². The van der Waals surface area contributed by atoms with Gasteiger partial charge in [-0.3, -0.25) is 4.98 Å². The van der Waals surface area contributed by atoms with Gasteiger partial charge in [-0.1, -0.05) is 0 Å². The Hall–Kier alpha value is -1.09. The summed E-state index contributed by atoms with van der Waals surface area (Å²) in [5.41, 5.74) is 7.76. The maximum absolute atomic E-state index is 5.40. The number of unbranched alkanes of at least 4 members (excludes halogenated alkanes) is 1. The number of rotatable bonds is 5. The summed E-state index contributed by atoms with van der Waals surface area (Å²) >= 11 is 0. The van der Waals surface area contributed by atoms with Crippen molar-refractivity contribution in [2.45, 2.75) is 19.8 Å². The fourth-order valence-electron chi connectivity index (χ4n) is 1.14. The van der Waals surface area contributed by atoms with E-state index in [1.807, 2.05) is 12.3 Å². The SMILES string of the molecule is Cc1ccncc1NCCCCN. The maximum Gasteiger partial charge on any atom is 0.0556 e. The molecule has 0 spiro atoms. The zero-order valence-electron chi connectivity index (χ0n) is 8.09. The Labute approximate surface area is 79.4 Å². The van der Waals surface area contributed by atoms with Gasteiger partial charge in [0.15, 0.2) is 0 Å². The minimum Gasteiger partial charge on any atom is -0.384 e. The molecule has 0 saturated heterocycles. The number of nitrogens with two attached hydrogens (primary N) is 1. The first-order chi connectivity index (χ1) is 6.34. The summed E-state index contributed by atoms with van der Waals surface area (Å²) in [7, 11) is 0. The Balaban J connectivity index is 2.32. The summed E-state index contributed by atoms with van der Waals surface area (Å²) in [6.45, 7) is 3.82. The third kappa shape index (κ3) is 3.42. The molecule has 0 aliphatic carbocycles. The highest BCUT2D eigenvalue weighted by Crippen LogP contribution is 2.10. The number of aromatic nitrogens is 1. The maximum atomic E-state index is 5.40. The van der Waals surface area contributed by atoms with Crippen LogP contribution in [0.5, 0.6) is 0 Å². The molecule has 0 aliphatic rings. The molecule has 0 aromatic carbocycles. The number of anilines is 1. The molecule has 3 N–H and O–H groups in total. The van der Waals surface area contributed by atoms with Crippen LogP contribution in [0.25, 0.3) is 0 Å². The second kappa shape index (κ2) is 5.54. The van der Waals surface area contributed by atoms with Crippen molar-refractivity contribution in [3.05, 3.63) is 24.0 Å². The lowest BCUT2D eigenvalue weighted by molar-refractivity contribution is 0.773. The molecule has 0 radical (unpaired) electrons. The van der Waals surface area contributed by atoms with Gasteiger partial charge in [0.2, 0.25) is 0 Å². The van der Waals surface area contributed by atoms with Crippen molar-refractivity contribution < 1.29 is 0 Å². The van der Waals surface area contributed by atoms with E-state index in [9.17, 15) is 0 Å². The van der Waals surface area contributed by atoms with Crippen molar-refractivity contribution in [3.8, 4) is 0 Å². The van der Waals surface area contributed by atoms with Crippen LogP contribution in [0.4, 0.5) is 5.69 Å². The lowest BCUT2D eigenvalue weighted by atomic mass is 10.2. The average molecular weight is 179 g/mol. The molecular weight excluding hydrogens is 162 g/mol. The zero-order valence-corrected chi connectivity index (χ0v) is 8.09. The van der Waals surface area contributed by atoms with E-state index < -0.39 is 0 Å². The van der Waals surface area contributed by atoms with Gasteiger partial charge in [-0.25, -0.2) is 0 Å². The van der Waals surface area contributed by atoms with E-state index in [-0.39, 0.29) is 0 Å². The minimum absolute atomic E-state index is 0.772. The highest BCUT2D eigenvalue weighted by molar-refractivity contribution is 5.47. The van der Waals surface area contributed by atoms with Crippen molar-refractivity contribution in [2.75, 3.05) is 18.4 Å². The second-order valence-corrected chi connectivity index (χ2v) is 3.11. The smallest absolute Gasteiger partial charge is 0.0556 e. The van der Waals surface area contributed by atoms with Gasteiger partial charge in [-0.2, -0.15) is 0 Å². The second-order valence-electron chi connectivity index (χ2n) is 3.11. The fourth-order valence-corrected chi connectivity index (χ4v) is 1.14. The summed E-state index contributed by atoms with van der Waals surface area (Å²) in [5.74, 6) is 0. The van der Waals surface area contributed by atoms with Gasteiger partial charge in [0.1, 0.15) is 0 Å². The van der Waals surface area contributed by atoms with Crippen LogP contribution in [0.3, 0.4) is 0 Å². The summed E-state index contributed by atoms with van der Waals surface area (Å²) in [5, 5.41) is 3.33. The van der Waals surface area contributed by atoms with E-state index in [2.05, 4.69) is 17.2 Å². The predicted molar refractivity (Wildman–Crippen MR) is 55.8 cm³/mol. The monoisotopic (exact) mass is 179 g/mol. The molecular formula is C10H17N3. The normalized spacial score (nSPS) is 10.0. The molecule has 1 rings (SSSR count). The topological polar surface area (TPSA) is 50.9 Å². The lowest BCUT2D eigenvalue weighted by Crippen LogP contribution is -2.06. The first-order valence-electron chi connectivity index (χ1n) is 4.69. The minimum atomic E-state index is 0.772. The number of hydrogen-bond acceptors (Lipinski definition) is 3. The Kier molecular flexibility index (Phi) is 4.26. The Morgan fingerprint density at radius 1 is 1.46 bits per heavy atom. The molecule has 0 saturated carbocycles. The van der Waals surface area contributed by atoms with Gasteiger partial charge >= 0.3 is 0 Å². The molecule has 3 nitrogen and oxygen atoms in total. The Morgan fingerprint density at radius 2 is 2.31 bits per heavy atom. The van der Waals surface area contributed by atoms with Crippen molar-refractivity contribution in [1.82, 2.24) is 4.98 Å². The molecule has 1 heterocycles. The largest absolute Gasteiger partial charge is 0.384 e. The van der Waals surface area contributed by atoms with Gasteiger partial charge < -0.3 is 11.1 Å². The zero-order chi connectivity index (χ0) is 9.52. The summed E-state index contributed by atoms with van der Waals surface area (Å²) < 4.78 is 0. The van der Waals surface area contributed by atoms with Crippen LogP contribution in [-0.2, 0) is 0 Å². The average Bonchev–Trinajstić information content (AvgIpc) is 2.15. The molecule has 72 valence electrons. The first-order valence-corrected chi connectivity index (χ1v) is 4.69. The van der Waals surface area contributed by atoms with Gasteiger partial charge in [0, 0.05) is 12.7 Å². The van der Waals surface area contributed by atoms with E-state index in [1.54, 1.807) is 6.20 Å². The van der Waals surface area contributed by atoms with Gasteiger partial charge in [-0.15, -0.1) is 0 Å². The first kappa shape index (κ1) is 9.99. The molecule has 0 fully saturated rings. The van der Waals surface area contributed by atoms with Crippen molar-refractivity contribution in [1.29, 1.82) is 0 Å². The third-order valence-corrected chi connectivity index (χ3v) is 1.99. The number of nitrogens with one attached hydrogen (secondary N) is 1. The summed E-state index contributed by atoms with van der Waals surface area (Å²) in [6, 6.07) is 2.01. The number of pyridine rings is 1. The molecule has 1 aromatic rings. The van der Waals surface area contributed by atoms with E-state index in [0.717, 1.165) is 31.6 Å². The molecule has 13 heavy (non-hydrogen) atoms. The molecule has 1 aromatic heterocycles. The summed E-state index contributed by atoms with van der Waals surface area (Å²) in [6.07, 6.45) is 5.86. The molecule has 0 aliphatic heterocycles. The molecule has 3 heteroatoms. The molecule has 0 unspecified atom stereocenters. The number of hydrogen-bond donors (Lipinski definition) is 2. The summed E-state index contributed by atoms with van der Waals surface area (Å²) in [4.78, 5) is 4.06. The predicted octanol–water partition coefficient (Wildman–Crippen LogP) is 1.54. The van der Waals surface area contributed by atoms with Crippen LogP contribution in [0.1, 0.15) is 18.4 Å². The van der Waals surface area contributed by atoms with Gasteiger partial charge in [0.25, 0.3) is 0 Å². The van der Waals surface area contributed by atoms with Crippen LogP contribution in [0, 0.1) is 6.92 Å². The quantitative estimate of drug-likeness (QED) is 0.674. The molecule has 0 amide bonds. The van der Waals surface area contributed by atoms with Crippen LogP contribution >= 0.6 is 0 Å². The van der Waals surface area contributed by atoms with Crippen LogP contribution < -0.4 is 11.1 Å². The number of aryl methyl sites for hydroxylation is 1. The van der Waals surface area contributed by atoms with Crippen LogP contribution in [0.15, 0.2) is 18.5 Å². The fraction of sp³-hybridized carbons (Fsp3) is 0.500. The van der Waals surface area contributed by atoms with Crippen molar-refractivity contribution >= 4 is 5.69 Å². The van der Waals surface area contributed by atoms with Crippen molar-refractivity contribution in [3.63, 3.8) is 0 Å². The lowest BCUT2D eigenvalue weighted by Gasteiger charge is -2.07. The Bertz CT molecular complexity index is 248. The third-order valence-electron chi connectivity index (χ3n) is 1.99. The van der Waals surface area contributed by atoms with Crippen LogP contribution in [-0.4, -0.2) is 18.1 Å². The molecule has 0 bridgehead atoms. The molecule has 0 atom stereocenters. The Morgan fingerprint density at radius 3 is 3.00 bits per heavy atom. The van der Waals surface area contributed by atoms with Gasteiger partial charge in [0.05, 0.1) is 11.9 Å². The van der Waals surface area contributed by atoms with Crippen LogP contribution in [0.2, 0.25) is 0 Å². The number of nitrogens with zero attached hydrogens (tertiary/aromatic N) is 1. The van der Waals surface area contributed by atoms with E-state index >= 15 is 0 Å². The highest BCUT2D eigenvalue weighted by Gasteiger charge is 1.94. The standard InChI is InChI=1S/C10H17N3/c1-9-4-7-12-8-10(9)13-6-3-2-5-11/h4,7-8,13H,2-3,5-6,11H2,1H3.